The number of hydrogen-bond acceptors (Lipinski definition) is 9. The minimum absolute atomic E-state index is 0.00637. The number of likely N-dealkylation sites (tertiary alicyclic amines) is 4. The summed E-state index contributed by atoms with van der Waals surface area (Å²) in [4.78, 5) is 124. The molecule has 1 N–H and O–H groups in total. The number of para-hydroxylation sites is 1. The number of Topliss-reactive ketones (excluding diaryl/α,β-unsaturated/α-hetero) is 2. The third kappa shape index (κ3) is 19.7. The van der Waals surface area contributed by atoms with Gasteiger partial charge < -0.3 is 53.0 Å². The molecule has 5 aliphatic heterocycles. The van der Waals surface area contributed by atoms with Gasteiger partial charge in [-0.3, -0.25) is 43.2 Å². The second-order valence-corrected chi connectivity index (χ2v) is 40.2. The van der Waals surface area contributed by atoms with Gasteiger partial charge in [-0.1, -0.05) is 226 Å². The number of benzene rings is 12. The number of carbonyl (C=O) groups is 9. The van der Waals surface area contributed by atoms with Gasteiger partial charge in [-0.2, -0.15) is 0 Å². The van der Waals surface area contributed by atoms with Crippen LogP contribution in [0.1, 0.15) is 76.6 Å². The summed E-state index contributed by atoms with van der Waals surface area (Å²) in [5, 5.41) is 15.6. The number of carbonyl (C=O) groups excluding carboxylic acids is 9. The Morgan fingerprint density at radius 1 is 0.414 bits per heavy atom. The highest BCUT2D eigenvalue weighted by Gasteiger charge is 2.39. The van der Waals surface area contributed by atoms with Crippen molar-refractivity contribution in [1.29, 1.82) is 0 Å². The van der Waals surface area contributed by atoms with Gasteiger partial charge in [0.25, 0.3) is 5.91 Å². The molecular weight excluding hydrogens is 1940 g/mol. The molecule has 4 aromatic heterocycles. The molecule has 7 amide bonds. The van der Waals surface area contributed by atoms with Crippen LogP contribution in [0.3, 0.4) is 0 Å². The van der Waals surface area contributed by atoms with Gasteiger partial charge >= 0.3 is 0 Å². The van der Waals surface area contributed by atoms with Crippen molar-refractivity contribution < 1.29 is 43.2 Å². The van der Waals surface area contributed by atoms with E-state index >= 15 is 0 Å². The lowest BCUT2D eigenvalue weighted by molar-refractivity contribution is -0.144. The standard InChI is InChI=1S/C38H32N2O2.C31H35BrN4O3.C28H25BrN2O2.C20H18BrN3O2/c1-3-37(42)39-21-26(22-39)17-34(41)23-40-24-36(32-15-13-28-9-5-7-11-30(28)19-32)35-20-33(16-25(2)38(35)40)31-14-12-27-8-4-6-10-29(27)18-31;1-6-27(37)33-16-24(17-33)34(7-2)28(38)18-36-21(5)29(26-15-23(32)14-19(3)30(26)36)31(39)35-13-12-22-10-8-9-11-25(22)20(35)4;1-3-27(33)30-14-19(15-30)11-24(32)16-31-17-26(25-13-23(29)10-18(2)28(25)31)22-9-8-20-6-4-5-7-21(20)12-22;1-2-20(26)23-10-14(11-23)22-19(25)12-24-17-6-4-3-5-15(17)16-9-13(21)7-8-18(16)24/h3-16,18-20,24,26H,1,17,21-23H2,2H3;6,8-11,14-15,20,24H,1,7,12-13,16-18H2,2-5H3;3-10,12-13,17,19H,1,11,14-16H2,2H3;2-9,14H,1,10-12H2,(H,22,25). The van der Waals surface area contributed by atoms with Crippen molar-refractivity contribution in [2.45, 2.75) is 105 Å². The highest BCUT2D eigenvalue weighted by atomic mass is 79.9. The number of nitrogens with one attached hydrogen (secondary N) is 1. The van der Waals surface area contributed by atoms with Crippen LogP contribution in [0.4, 0.5) is 0 Å². The van der Waals surface area contributed by atoms with Crippen LogP contribution in [-0.2, 0) is 71.0 Å². The number of halogens is 3. The van der Waals surface area contributed by atoms with E-state index in [-0.39, 0.29) is 96.0 Å². The molecule has 12 aromatic carbocycles. The molecule has 1 unspecified atom stereocenters. The summed E-state index contributed by atoms with van der Waals surface area (Å²) >= 11 is 10.8. The number of amides is 7. The summed E-state index contributed by atoms with van der Waals surface area (Å²) in [5.41, 5.74) is 19.2. The predicted molar refractivity (Wildman–Crippen MR) is 572 cm³/mol. The molecule has 140 heavy (non-hydrogen) atoms. The molecule has 708 valence electrons. The summed E-state index contributed by atoms with van der Waals surface area (Å²) in [6.45, 7) is 33.2. The second-order valence-electron chi connectivity index (χ2n) is 37.5. The number of rotatable bonds is 23. The molecule has 4 fully saturated rings. The zero-order valence-electron chi connectivity index (χ0n) is 79.4. The highest BCUT2D eigenvalue weighted by Crippen LogP contribution is 2.43. The van der Waals surface area contributed by atoms with Crippen molar-refractivity contribution in [2.24, 2.45) is 11.8 Å². The predicted octanol–water partition coefficient (Wildman–Crippen LogP) is 22.4. The molecule has 20 nitrogen and oxygen atoms in total. The largest absolute Gasteiger partial charge is 0.348 e. The van der Waals surface area contributed by atoms with Gasteiger partial charge in [0.1, 0.15) is 13.1 Å². The summed E-state index contributed by atoms with van der Waals surface area (Å²) in [6.07, 6.45) is 11.3. The number of hydrogen-bond donors (Lipinski definition) is 1. The lowest BCUT2D eigenvalue weighted by Gasteiger charge is -2.44. The van der Waals surface area contributed by atoms with Gasteiger partial charge in [-0.15, -0.1) is 0 Å². The molecule has 0 aliphatic carbocycles. The van der Waals surface area contributed by atoms with Crippen molar-refractivity contribution in [2.75, 3.05) is 65.4 Å². The molecule has 23 heteroatoms. The first-order chi connectivity index (χ1) is 67.6. The third-order valence-corrected chi connectivity index (χ3v) is 29.7. The second kappa shape index (κ2) is 41.1. The van der Waals surface area contributed by atoms with E-state index < -0.39 is 0 Å². The van der Waals surface area contributed by atoms with Crippen LogP contribution in [0.2, 0.25) is 0 Å². The van der Waals surface area contributed by atoms with Gasteiger partial charge in [-0.25, -0.2) is 0 Å². The van der Waals surface area contributed by atoms with E-state index in [4.69, 9.17) is 0 Å². The lowest BCUT2D eigenvalue weighted by Crippen LogP contribution is -2.62. The fourth-order valence-electron chi connectivity index (χ4n) is 21.2. The van der Waals surface area contributed by atoms with Crippen LogP contribution in [0.15, 0.2) is 307 Å². The molecule has 0 bridgehead atoms. The van der Waals surface area contributed by atoms with Crippen molar-refractivity contribution in [3.63, 3.8) is 0 Å². The average Bonchev–Trinajstić information content (AvgIpc) is 1.59. The van der Waals surface area contributed by atoms with Crippen LogP contribution < -0.4 is 5.32 Å². The molecular formula is C117H110Br3N11O9. The number of aromatic nitrogens is 4. The van der Waals surface area contributed by atoms with Gasteiger partial charge in [0.15, 0.2) is 11.6 Å². The average molecular weight is 2050 g/mol. The maximum atomic E-state index is 14.2. The molecule has 9 heterocycles. The Morgan fingerprint density at radius 2 is 0.864 bits per heavy atom. The molecule has 0 spiro atoms. The Labute approximate surface area is 839 Å². The van der Waals surface area contributed by atoms with E-state index in [1.54, 1.807) is 19.6 Å². The van der Waals surface area contributed by atoms with Crippen LogP contribution in [-0.4, -0.2) is 178 Å². The van der Waals surface area contributed by atoms with Gasteiger partial charge in [0.2, 0.25) is 35.4 Å². The normalized spacial score (nSPS) is 14.8. The van der Waals surface area contributed by atoms with Crippen molar-refractivity contribution in [3.05, 3.63) is 346 Å². The first-order valence-electron chi connectivity index (χ1n) is 47.6. The molecule has 21 rings (SSSR count). The number of likely N-dealkylation sites (N-methyl/N-ethyl adjacent to an activating group) is 1. The van der Waals surface area contributed by atoms with E-state index in [0.29, 0.717) is 96.9 Å². The van der Waals surface area contributed by atoms with Crippen LogP contribution in [0, 0.1) is 39.5 Å². The maximum absolute atomic E-state index is 14.2. The molecule has 0 radical (unpaired) electrons. The zero-order chi connectivity index (χ0) is 98.2. The van der Waals surface area contributed by atoms with Gasteiger partial charge in [0.05, 0.1) is 53.3 Å². The number of ketones is 2. The Hall–Kier alpha value is -14.1. The van der Waals surface area contributed by atoms with E-state index in [1.165, 1.54) is 78.9 Å². The summed E-state index contributed by atoms with van der Waals surface area (Å²) < 4.78 is 11.2. The number of nitrogens with zero attached hydrogens (tertiary/aromatic N) is 10. The fourth-order valence-corrected chi connectivity index (χ4v) is 22.7. The summed E-state index contributed by atoms with van der Waals surface area (Å²) in [7, 11) is 0. The number of aryl methyl sites for hydroxylation is 3. The Kier molecular flexibility index (Phi) is 28.2. The maximum Gasteiger partial charge on any atom is 0.256 e. The first-order valence-corrected chi connectivity index (χ1v) is 50.0. The van der Waals surface area contributed by atoms with Crippen LogP contribution in [0.25, 0.3) is 120 Å². The van der Waals surface area contributed by atoms with Crippen LogP contribution >= 0.6 is 47.8 Å². The van der Waals surface area contributed by atoms with E-state index in [1.807, 2.05) is 88.2 Å². The van der Waals surface area contributed by atoms with Crippen molar-refractivity contribution >= 4 is 188 Å². The smallest absolute Gasteiger partial charge is 0.256 e. The minimum atomic E-state index is -0.110. The van der Waals surface area contributed by atoms with E-state index in [9.17, 15) is 43.2 Å². The molecule has 1 atom stereocenters. The van der Waals surface area contributed by atoms with Crippen molar-refractivity contribution in [3.8, 4) is 33.4 Å². The molecule has 4 saturated heterocycles. The quantitative estimate of drug-likeness (QED) is 0.0604. The first kappa shape index (κ1) is 96.2. The topological polar surface area (TPSA) is 205 Å². The SMILES string of the molecule is C=CC(=O)N1CC(CC(=O)Cn2cc(-c3ccc4ccccc4c3)c3cc(-c4ccc5ccccc5c4)cc(C)c32)C1.C=CC(=O)N1CC(CC(=O)Cn2cc(-c3ccc4ccccc4c3)c3cc(Br)cc(C)c32)C1.C=CC(=O)N1CC(N(CC)C(=O)Cn2c(C)c(C(=O)N3CCc4ccccc4C3C)c3cc(Br)cc(C)c32)C1.C=CC(=O)N1CC(NC(=O)Cn2c3ccccc3c3cc(Br)ccc32)C1. The Balaban J connectivity index is 0.000000125. The van der Waals surface area contributed by atoms with Crippen molar-refractivity contribution in [1.82, 2.24) is 53.0 Å². The van der Waals surface area contributed by atoms with Crippen LogP contribution in [0.5, 0.6) is 0 Å². The molecule has 16 aromatic rings. The molecule has 0 saturated carbocycles. The zero-order valence-corrected chi connectivity index (χ0v) is 84.2. The van der Waals surface area contributed by atoms with Gasteiger partial charge in [0, 0.05) is 171 Å². The Bertz CT molecular complexity index is 7740. The summed E-state index contributed by atoms with van der Waals surface area (Å²) in [6, 6.07) is 80.2. The fraction of sp³-hybridized carbons (Fsp3) is 0.239. The summed E-state index contributed by atoms with van der Waals surface area (Å²) in [5.74, 6) is 0.422. The van der Waals surface area contributed by atoms with Gasteiger partial charge in [-0.05, 0) is 234 Å². The van der Waals surface area contributed by atoms with E-state index in [2.05, 4.69) is 304 Å². The number of fused-ring (bicyclic) bond motifs is 10. The third-order valence-electron chi connectivity index (χ3n) is 28.3. The van der Waals surface area contributed by atoms with E-state index in [0.717, 1.165) is 119 Å². The minimum Gasteiger partial charge on any atom is -0.348 e. The molecule has 5 aliphatic rings. The lowest BCUT2D eigenvalue weighted by atomic mass is 9.93. The highest BCUT2D eigenvalue weighted by molar-refractivity contribution is 9.11. The monoisotopic (exact) mass is 2050 g/mol. The Morgan fingerprint density at radius 3 is 1.41 bits per heavy atom.